The molecular weight excluding hydrogens is 343 g/mol. The van der Waals surface area contributed by atoms with Gasteiger partial charge < -0.3 is 11.1 Å². The summed E-state index contributed by atoms with van der Waals surface area (Å²) in [5, 5.41) is 7.84. The van der Waals surface area contributed by atoms with E-state index < -0.39 is 0 Å². The number of nitrogens with one attached hydrogen (secondary N) is 1. The SMILES string of the molecule is Cn1ncc(-c2nc(NC3CCC(N)CC3)ncc2F)c1C1(C2CC2)CC1. The summed E-state index contributed by atoms with van der Waals surface area (Å²) in [6.45, 7) is 0. The van der Waals surface area contributed by atoms with E-state index in [1.807, 2.05) is 11.7 Å². The summed E-state index contributed by atoms with van der Waals surface area (Å²) >= 11 is 0. The quantitative estimate of drug-likeness (QED) is 0.845. The van der Waals surface area contributed by atoms with Gasteiger partial charge in [-0.05, 0) is 57.3 Å². The lowest BCUT2D eigenvalue weighted by molar-refractivity contribution is 0.409. The smallest absolute Gasteiger partial charge is 0.223 e. The van der Waals surface area contributed by atoms with Crippen LogP contribution in [0.2, 0.25) is 0 Å². The van der Waals surface area contributed by atoms with E-state index in [1.165, 1.54) is 31.9 Å². The van der Waals surface area contributed by atoms with Crippen LogP contribution in [0.3, 0.4) is 0 Å². The van der Waals surface area contributed by atoms with Crippen LogP contribution in [0.4, 0.5) is 10.3 Å². The molecule has 3 saturated carbocycles. The Hall–Kier alpha value is -2.02. The van der Waals surface area contributed by atoms with Crippen molar-refractivity contribution in [2.24, 2.45) is 18.7 Å². The van der Waals surface area contributed by atoms with Crippen molar-refractivity contribution in [2.75, 3.05) is 5.32 Å². The van der Waals surface area contributed by atoms with Crippen LogP contribution in [0.15, 0.2) is 12.4 Å². The van der Waals surface area contributed by atoms with E-state index in [0.717, 1.165) is 42.9 Å². The highest BCUT2D eigenvalue weighted by molar-refractivity contribution is 5.66. The topological polar surface area (TPSA) is 81.7 Å². The Labute approximate surface area is 158 Å². The molecule has 0 radical (unpaired) electrons. The van der Waals surface area contributed by atoms with E-state index in [9.17, 15) is 4.39 Å². The van der Waals surface area contributed by atoms with Gasteiger partial charge in [-0.2, -0.15) is 5.10 Å². The van der Waals surface area contributed by atoms with Gasteiger partial charge in [0.2, 0.25) is 5.95 Å². The van der Waals surface area contributed by atoms with Crippen molar-refractivity contribution in [3.05, 3.63) is 23.9 Å². The number of nitrogens with zero attached hydrogens (tertiary/aromatic N) is 4. The third-order valence-corrected chi connectivity index (χ3v) is 6.66. The molecule has 0 aromatic carbocycles. The number of aryl methyl sites for hydroxylation is 1. The second-order valence-corrected chi connectivity index (χ2v) is 8.61. The highest BCUT2D eigenvalue weighted by Gasteiger charge is 2.57. The number of hydrogen-bond acceptors (Lipinski definition) is 5. The Balaban J connectivity index is 1.46. The molecule has 3 fully saturated rings. The molecule has 2 heterocycles. The molecular formula is C20H27FN6. The number of nitrogens with two attached hydrogens (primary N) is 1. The highest BCUT2D eigenvalue weighted by atomic mass is 19.1. The Morgan fingerprint density at radius 1 is 1.15 bits per heavy atom. The molecule has 6 nitrogen and oxygen atoms in total. The van der Waals surface area contributed by atoms with Gasteiger partial charge in [0.1, 0.15) is 5.69 Å². The molecule has 0 aliphatic heterocycles. The monoisotopic (exact) mass is 370 g/mol. The molecule has 3 N–H and O–H groups in total. The number of anilines is 1. The number of rotatable bonds is 5. The van der Waals surface area contributed by atoms with Crippen molar-refractivity contribution in [3.8, 4) is 11.3 Å². The molecule has 144 valence electrons. The fraction of sp³-hybridized carbons (Fsp3) is 0.650. The molecule has 2 aromatic heterocycles. The summed E-state index contributed by atoms with van der Waals surface area (Å²) in [6.07, 6.45) is 11.9. The largest absolute Gasteiger partial charge is 0.351 e. The summed E-state index contributed by atoms with van der Waals surface area (Å²) in [7, 11) is 1.96. The molecule has 27 heavy (non-hydrogen) atoms. The Morgan fingerprint density at radius 3 is 2.56 bits per heavy atom. The van der Waals surface area contributed by atoms with Crippen LogP contribution in [0.5, 0.6) is 0 Å². The van der Waals surface area contributed by atoms with Gasteiger partial charge in [0.05, 0.1) is 18.1 Å². The first-order chi connectivity index (χ1) is 13.1. The van der Waals surface area contributed by atoms with Crippen LogP contribution < -0.4 is 11.1 Å². The number of hydrogen-bond donors (Lipinski definition) is 2. The zero-order valence-electron chi connectivity index (χ0n) is 15.8. The summed E-state index contributed by atoms with van der Waals surface area (Å²) in [5.41, 5.74) is 8.52. The van der Waals surface area contributed by atoms with Gasteiger partial charge in [-0.15, -0.1) is 0 Å². The first-order valence-corrected chi connectivity index (χ1v) is 10.1. The third kappa shape index (κ3) is 3.02. The van der Waals surface area contributed by atoms with E-state index in [1.54, 1.807) is 6.20 Å². The van der Waals surface area contributed by atoms with E-state index in [4.69, 9.17) is 5.73 Å². The molecule has 3 aliphatic carbocycles. The molecule has 7 heteroatoms. The van der Waals surface area contributed by atoms with E-state index in [0.29, 0.717) is 23.7 Å². The van der Waals surface area contributed by atoms with Crippen LogP contribution in [0.25, 0.3) is 11.3 Å². The predicted octanol–water partition coefficient (Wildman–Crippen LogP) is 3.14. The van der Waals surface area contributed by atoms with Crippen LogP contribution in [-0.2, 0) is 12.5 Å². The highest BCUT2D eigenvalue weighted by Crippen LogP contribution is 2.63. The maximum Gasteiger partial charge on any atom is 0.223 e. The van der Waals surface area contributed by atoms with Crippen LogP contribution >= 0.6 is 0 Å². The number of halogens is 1. The lowest BCUT2D eigenvalue weighted by Crippen LogP contribution is -2.33. The summed E-state index contributed by atoms with van der Waals surface area (Å²) < 4.78 is 16.6. The van der Waals surface area contributed by atoms with Gasteiger partial charge >= 0.3 is 0 Å². The zero-order chi connectivity index (χ0) is 18.6. The molecule has 5 rings (SSSR count). The molecule has 0 atom stereocenters. The Kier molecular flexibility index (Phi) is 3.96. The minimum Gasteiger partial charge on any atom is -0.351 e. The fourth-order valence-electron chi connectivity index (χ4n) is 4.88. The third-order valence-electron chi connectivity index (χ3n) is 6.66. The molecule has 0 saturated heterocycles. The average molecular weight is 370 g/mol. The first kappa shape index (κ1) is 17.1. The summed E-state index contributed by atoms with van der Waals surface area (Å²) in [4.78, 5) is 8.75. The van der Waals surface area contributed by atoms with Crippen LogP contribution in [0.1, 0.15) is 57.1 Å². The lowest BCUT2D eigenvalue weighted by atomic mass is 9.91. The van der Waals surface area contributed by atoms with Gasteiger partial charge in [0.15, 0.2) is 5.82 Å². The van der Waals surface area contributed by atoms with Gasteiger partial charge in [-0.3, -0.25) is 4.68 Å². The molecule has 0 unspecified atom stereocenters. The van der Waals surface area contributed by atoms with Crippen LogP contribution in [-0.4, -0.2) is 31.8 Å². The number of aromatic nitrogens is 4. The normalized spacial score (nSPS) is 26.8. The second kappa shape index (κ2) is 6.26. The molecule has 0 bridgehead atoms. The van der Waals surface area contributed by atoms with Gasteiger partial charge in [0.25, 0.3) is 0 Å². The minimum atomic E-state index is -0.382. The van der Waals surface area contributed by atoms with Crippen molar-refractivity contribution in [3.63, 3.8) is 0 Å². The zero-order valence-corrected chi connectivity index (χ0v) is 15.8. The van der Waals surface area contributed by atoms with E-state index >= 15 is 0 Å². The minimum absolute atomic E-state index is 0.186. The van der Waals surface area contributed by atoms with Crippen molar-refractivity contribution >= 4 is 5.95 Å². The lowest BCUT2D eigenvalue weighted by Gasteiger charge is -2.26. The van der Waals surface area contributed by atoms with Crippen molar-refractivity contribution in [2.45, 2.75) is 68.9 Å². The van der Waals surface area contributed by atoms with Crippen molar-refractivity contribution in [1.29, 1.82) is 0 Å². The van der Waals surface area contributed by atoms with E-state index in [-0.39, 0.29) is 11.2 Å². The van der Waals surface area contributed by atoms with Crippen molar-refractivity contribution in [1.82, 2.24) is 19.7 Å². The summed E-state index contributed by atoms with van der Waals surface area (Å²) in [6, 6.07) is 0.598. The van der Waals surface area contributed by atoms with Crippen LogP contribution in [0, 0.1) is 11.7 Å². The van der Waals surface area contributed by atoms with E-state index in [2.05, 4.69) is 20.4 Å². The summed E-state index contributed by atoms with van der Waals surface area (Å²) in [5.74, 6) is 0.839. The first-order valence-electron chi connectivity index (χ1n) is 10.1. The fourth-order valence-corrected chi connectivity index (χ4v) is 4.88. The molecule has 0 amide bonds. The van der Waals surface area contributed by atoms with Gasteiger partial charge in [-0.25, -0.2) is 14.4 Å². The Morgan fingerprint density at radius 2 is 1.89 bits per heavy atom. The Bertz CT molecular complexity index is 846. The second-order valence-electron chi connectivity index (χ2n) is 8.61. The van der Waals surface area contributed by atoms with Gasteiger partial charge in [-0.1, -0.05) is 0 Å². The average Bonchev–Trinajstić information content (AvgIpc) is 3.57. The van der Waals surface area contributed by atoms with Crippen molar-refractivity contribution < 1.29 is 4.39 Å². The predicted molar refractivity (Wildman–Crippen MR) is 102 cm³/mol. The van der Waals surface area contributed by atoms with Gasteiger partial charge in [0, 0.05) is 30.1 Å². The maximum atomic E-state index is 14.7. The molecule has 3 aliphatic rings. The molecule has 0 spiro atoms. The maximum absolute atomic E-state index is 14.7. The molecule has 2 aromatic rings. The standard InChI is InChI=1S/C20H27FN6/c1-27-18(20(8-9-20)12-2-3-12)15(10-24-27)17-16(21)11-23-19(26-17)25-14-6-4-13(22)5-7-14/h10-14H,2-9,22H2,1H3,(H,23,25,26).